The number of nitrogen functional groups attached to an aromatic ring is 1. The van der Waals surface area contributed by atoms with Gasteiger partial charge in [0.25, 0.3) is 0 Å². The SMILES string of the molecule is CC(C)OC(=O)[C@H](C)NP(=O)(CO[C@H](C)Cn1cnc2c(N)ncnc21)N[C@H](C)C(=O)OC1CCC1. The van der Waals surface area contributed by atoms with E-state index in [9.17, 15) is 14.2 Å². The topological polar surface area (TPSA) is 173 Å². The molecule has 2 aromatic rings. The quantitative estimate of drug-likeness (QED) is 0.257. The Morgan fingerprint density at radius 1 is 1.11 bits per heavy atom. The second-order valence-corrected chi connectivity index (χ2v) is 11.6. The van der Waals surface area contributed by atoms with Gasteiger partial charge in [0.1, 0.15) is 36.4 Å². The Labute approximate surface area is 210 Å². The average Bonchev–Trinajstić information content (AvgIpc) is 3.18. The Morgan fingerprint density at radius 3 is 2.39 bits per heavy atom. The Balaban J connectivity index is 1.66. The lowest BCUT2D eigenvalue weighted by Gasteiger charge is -2.30. The van der Waals surface area contributed by atoms with Crippen LogP contribution in [0.25, 0.3) is 11.2 Å². The molecule has 1 aliphatic rings. The van der Waals surface area contributed by atoms with Crippen LogP contribution in [-0.2, 0) is 34.9 Å². The zero-order valence-corrected chi connectivity index (χ0v) is 22.2. The molecule has 0 saturated heterocycles. The van der Waals surface area contributed by atoms with Crippen LogP contribution in [0.3, 0.4) is 0 Å². The number of rotatable bonds is 13. The number of hydrogen-bond donors (Lipinski definition) is 3. The molecule has 1 fully saturated rings. The molecule has 200 valence electrons. The molecule has 4 N–H and O–H groups in total. The molecule has 14 heteroatoms. The minimum atomic E-state index is -3.61. The van der Waals surface area contributed by atoms with E-state index in [0.29, 0.717) is 17.7 Å². The van der Waals surface area contributed by atoms with Gasteiger partial charge in [-0.05, 0) is 53.9 Å². The van der Waals surface area contributed by atoms with Crippen molar-refractivity contribution in [3.8, 4) is 0 Å². The number of anilines is 1. The van der Waals surface area contributed by atoms with Gasteiger partial charge >= 0.3 is 11.9 Å². The third-order valence-corrected chi connectivity index (χ3v) is 7.74. The van der Waals surface area contributed by atoms with Gasteiger partial charge in [-0.2, -0.15) is 0 Å². The molecule has 0 amide bonds. The summed E-state index contributed by atoms with van der Waals surface area (Å²) >= 11 is 0. The maximum atomic E-state index is 13.8. The van der Waals surface area contributed by atoms with Crippen LogP contribution in [0.15, 0.2) is 12.7 Å². The molecule has 1 saturated carbocycles. The molecule has 0 bridgehead atoms. The van der Waals surface area contributed by atoms with E-state index in [1.165, 1.54) is 6.33 Å². The largest absolute Gasteiger partial charge is 0.462 e. The van der Waals surface area contributed by atoms with Crippen molar-refractivity contribution in [2.24, 2.45) is 0 Å². The molecule has 3 rings (SSSR count). The van der Waals surface area contributed by atoms with Gasteiger partial charge in [0.15, 0.2) is 11.5 Å². The number of nitrogens with two attached hydrogens (primary N) is 1. The van der Waals surface area contributed by atoms with Crippen LogP contribution in [0.1, 0.15) is 53.9 Å². The summed E-state index contributed by atoms with van der Waals surface area (Å²) in [7, 11) is -3.61. The van der Waals surface area contributed by atoms with Gasteiger partial charge in [-0.1, -0.05) is 0 Å². The highest BCUT2D eigenvalue weighted by molar-refractivity contribution is 7.59. The Morgan fingerprint density at radius 2 is 1.78 bits per heavy atom. The van der Waals surface area contributed by atoms with E-state index in [1.54, 1.807) is 45.5 Å². The molecule has 1 aliphatic carbocycles. The summed E-state index contributed by atoms with van der Waals surface area (Å²) in [5, 5.41) is 5.62. The first-order chi connectivity index (χ1) is 17.0. The lowest BCUT2D eigenvalue weighted by Crippen LogP contribution is -2.44. The Kier molecular flexibility index (Phi) is 9.40. The summed E-state index contributed by atoms with van der Waals surface area (Å²) in [6, 6.07) is -1.79. The van der Waals surface area contributed by atoms with E-state index in [0.717, 1.165) is 19.3 Å². The second kappa shape index (κ2) is 12.1. The van der Waals surface area contributed by atoms with Gasteiger partial charge < -0.3 is 24.5 Å². The molecule has 36 heavy (non-hydrogen) atoms. The van der Waals surface area contributed by atoms with Crippen molar-refractivity contribution < 1.29 is 28.4 Å². The lowest BCUT2D eigenvalue weighted by molar-refractivity contribution is -0.154. The van der Waals surface area contributed by atoms with Crippen LogP contribution < -0.4 is 15.9 Å². The number of imidazole rings is 1. The zero-order chi connectivity index (χ0) is 26.5. The van der Waals surface area contributed by atoms with Crippen molar-refractivity contribution in [2.45, 2.75) is 90.8 Å². The van der Waals surface area contributed by atoms with Crippen molar-refractivity contribution in [1.82, 2.24) is 29.7 Å². The second-order valence-electron chi connectivity index (χ2n) is 9.35. The summed E-state index contributed by atoms with van der Waals surface area (Å²) in [5.41, 5.74) is 6.88. The maximum Gasteiger partial charge on any atom is 0.323 e. The van der Waals surface area contributed by atoms with Gasteiger partial charge in [0.05, 0.1) is 25.1 Å². The number of nitrogens with one attached hydrogen (secondary N) is 2. The molecular weight excluding hydrogens is 489 g/mol. The predicted octanol–water partition coefficient (Wildman–Crippen LogP) is 1.97. The fraction of sp³-hybridized carbons (Fsp3) is 0.682. The van der Waals surface area contributed by atoms with Gasteiger partial charge in [-0.15, -0.1) is 0 Å². The van der Waals surface area contributed by atoms with E-state index in [2.05, 4.69) is 25.1 Å². The highest BCUT2D eigenvalue weighted by Crippen LogP contribution is 2.38. The summed E-state index contributed by atoms with van der Waals surface area (Å²) in [6.45, 7) is 8.70. The van der Waals surface area contributed by atoms with Crippen molar-refractivity contribution in [3.05, 3.63) is 12.7 Å². The van der Waals surface area contributed by atoms with E-state index < -0.39 is 37.6 Å². The predicted molar refractivity (Wildman–Crippen MR) is 133 cm³/mol. The normalized spacial score (nSPS) is 18.3. The van der Waals surface area contributed by atoms with Crippen LogP contribution in [0.2, 0.25) is 0 Å². The van der Waals surface area contributed by atoms with E-state index in [4.69, 9.17) is 19.9 Å². The molecule has 0 aromatic carbocycles. The van der Waals surface area contributed by atoms with Gasteiger partial charge in [-0.25, -0.2) is 25.1 Å². The summed E-state index contributed by atoms with van der Waals surface area (Å²) < 4.78 is 32.1. The van der Waals surface area contributed by atoms with E-state index in [-0.39, 0.29) is 24.4 Å². The molecule has 0 aliphatic heterocycles. The number of nitrogens with zero attached hydrogens (tertiary/aromatic N) is 4. The Hall–Kier alpha value is -2.60. The van der Waals surface area contributed by atoms with Crippen molar-refractivity contribution >= 4 is 36.4 Å². The molecule has 4 atom stereocenters. The molecule has 0 spiro atoms. The summed E-state index contributed by atoms with van der Waals surface area (Å²) in [5.74, 6) is -0.795. The first kappa shape index (κ1) is 28.0. The minimum Gasteiger partial charge on any atom is -0.462 e. The fourth-order valence-corrected chi connectivity index (χ4v) is 5.68. The summed E-state index contributed by atoms with van der Waals surface area (Å²) in [6.07, 6.45) is 4.45. The third kappa shape index (κ3) is 7.45. The number of aromatic nitrogens is 4. The molecule has 2 heterocycles. The van der Waals surface area contributed by atoms with Crippen molar-refractivity contribution in [2.75, 3.05) is 12.1 Å². The number of carbonyl (C=O) groups excluding carboxylic acids is 2. The number of fused-ring (bicyclic) bond motifs is 1. The number of esters is 2. The average molecular weight is 526 g/mol. The standard InChI is InChI=1S/C22H36N7O6P/c1-13(2)34-21(30)15(4)27-36(32,28-16(5)22(31)35-17-7-6-8-17)12-33-14(3)9-29-11-26-18-19(23)24-10-25-20(18)29/h10-11,13-17H,6-9,12H2,1-5H3,(H2,23,24,25)(H2,27,28,32)/t14-,15+,16-,36?/m1/s1. The first-order valence-corrected chi connectivity index (χ1v) is 13.9. The van der Waals surface area contributed by atoms with Crippen molar-refractivity contribution in [3.63, 3.8) is 0 Å². The molecule has 13 nitrogen and oxygen atoms in total. The molecule has 0 radical (unpaired) electrons. The maximum absolute atomic E-state index is 13.8. The highest BCUT2D eigenvalue weighted by Gasteiger charge is 2.34. The Bertz CT molecular complexity index is 1110. The number of ether oxygens (including phenoxy) is 3. The molecular formula is C22H36N7O6P. The van der Waals surface area contributed by atoms with E-state index in [1.807, 2.05) is 0 Å². The lowest BCUT2D eigenvalue weighted by atomic mass is 9.96. The summed E-state index contributed by atoms with van der Waals surface area (Å²) in [4.78, 5) is 37.2. The van der Waals surface area contributed by atoms with Crippen LogP contribution in [-0.4, -0.2) is 68.2 Å². The van der Waals surface area contributed by atoms with Crippen LogP contribution >= 0.6 is 7.44 Å². The first-order valence-electron chi connectivity index (χ1n) is 12.1. The highest BCUT2D eigenvalue weighted by atomic mass is 31.2. The number of hydrogen-bond acceptors (Lipinski definition) is 10. The van der Waals surface area contributed by atoms with Gasteiger partial charge in [-0.3, -0.25) is 14.2 Å². The van der Waals surface area contributed by atoms with Crippen LogP contribution in [0.4, 0.5) is 5.82 Å². The number of carbonyl (C=O) groups is 2. The van der Waals surface area contributed by atoms with Gasteiger partial charge in [0, 0.05) is 0 Å². The van der Waals surface area contributed by atoms with Gasteiger partial charge in [0.2, 0.25) is 7.44 Å². The third-order valence-electron chi connectivity index (χ3n) is 5.62. The van der Waals surface area contributed by atoms with Crippen LogP contribution in [0, 0.1) is 0 Å². The molecule has 2 aromatic heterocycles. The van der Waals surface area contributed by atoms with Crippen LogP contribution in [0.5, 0.6) is 0 Å². The smallest absolute Gasteiger partial charge is 0.323 e. The monoisotopic (exact) mass is 525 g/mol. The van der Waals surface area contributed by atoms with Crippen molar-refractivity contribution in [1.29, 1.82) is 0 Å². The minimum absolute atomic E-state index is 0.104. The zero-order valence-electron chi connectivity index (χ0n) is 21.3. The fourth-order valence-electron chi connectivity index (χ4n) is 3.53. The van der Waals surface area contributed by atoms with E-state index >= 15 is 0 Å². The molecule has 1 unspecified atom stereocenters.